The predicted molar refractivity (Wildman–Crippen MR) is 119 cm³/mol. The van der Waals surface area contributed by atoms with Gasteiger partial charge in [0.2, 0.25) is 0 Å². The van der Waals surface area contributed by atoms with Crippen LogP contribution in [0.15, 0.2) is 72.1 Å². The molecule has 0 saturated carbocycles. The van der Waals surface area contributed by atoms with Crippen molar-refractivity contribution in [2.75, 3.05) is 5.32 Å². The summed E-state index contributed by atoms with van der Waals surface area (Å²) in [6.45, 7) is 2.08. The second kappa shape index (κ2) is 7.20. The van der Waals surface area contributed by atoms with Crippen LogP contribution < -0.4 is 5.32 Å². The lowest BCUT2D eigenvalue weighted by atomic mass is 10.0. The quantitative estimate of drug-likeness (QED) is 0.287. The Kier molecular flexibility index (Phi) is 4.77. The Balaban J connectivity index is 1.66. The van der Waals surface area contributed by atoms with Crippen molar-refractivity contribution in [1.29, 1.82) is 0 Å². The summed E-state index contributed by atoms with van der Waals surface area (Å²) in [5.41, 5.74) is 5.17. The number of thiophene rings is 1. The van der Waals surface area contributed by atoms with E-state index in [-0.39, 0.29) is 0 Å². The van der Waals surface area contributed by atoms with Gasteiger partial charge >= 0.3 is 0 Å². The van der Waals surface area contributed by atoms with Gasteiger partial charge in [0.1, 0.15) is 0 Å². The van der Waals surface area contributed by atoms with Crippen molar-refractivity contribution in [3.63, 3.8) is 0 Å². The number of fused-ring (bicyclic) bond motifs is 1. The number of aryl methyl sites for hydroxylation is 1. The van der Waals surface area contributed by atoms with Crippen molar-refractivity contribution >= 4 is 61.5 Å². The average Bonchev–Trinajstić information content (AvgIpc) is 3.07. The molecule has 4 rings (SSSR count). The van der Waals surface area contributed by atoms with Gasteiger partial charge in [-0.1, -0.05) is 60.2 Å². The molecule has 4 heteroatoms. The molecule has 1 nitrogen and oxygen atoms in total. The number of hydrogen-bond donors (Lipinski definition) is 1. The largest absolute Gasteiger partial charge is 0.355 e. The summed E-state index contributed by atoms with van der Waals surface area (Å²) in [4.78, 5) is 0.787. The predicted octanol–water partition coefficient (Wildman–Crippen LogP) is 7.37. The molecular formula is C22H16ClNS2. The third-order valence-electron chi connectivity index (χ3n) is 4.36. The summed E-state index contributed by atoms with van der Waals surface area (Å²) in [7, 11) is 0. The lowest BCUT2D eigenvalue weighted by Crippen LogP contribution is -2.01. The Morgan fingerprint density at radius 2 is 1.73 bits per heavy atom. The molecule has 1 N–H and O–H groups in total. The van der Waals surface area contributed by atoms with Crippen molar-refractivity contribution in [3.8, 4) is 0 Å². The van der Waals surface area contributed by atoms with E-state index in [0.717, 1.165) is 27.4 Å². The van der Waals surface area contributed by atoms with E-state index < -0.39 is 0 Å². The van der Waals surface area contributed by atoms with Gasteiger partial charge in [-0.15, -0.1) is 11.3 Å². The summed E-state index contributed by atoms with van der Waals surface area (Å²) in [6.07, 6.45) is 0. The van der Waals surface area contributed by atoms with E-state index in [9.17, 15) is 0 Å². The minimum absolute atomic E-state index is 0.656. The second-order valence-corrected chi connectivity index (χ2v) is 7.84. The van der Waals surface area contributed by atoms with Gasteiger partial charge in [-0.2, -0.15) is 0 Å². The minimum atomic E-state index is 0.656. The van der Waals surface area contributed by atoms with E-state index in [4.69, 9.17) is 23.8 Å². The number of rotatable bonds is 4. The molecule has 0 aliphatic carbocycles. The molecule has 0 spiro atoms. The summed E-state index contributed by atoms with van der Waals surface area (Å²) in [6, 6.07) is 22.4. The zero-order chi connectivity index (χ0) is 18.1. The summed E-state index contributed by atoms with van der Waals surface area (Å²) < 4.78 is 1.24. The van der Waals surface area contributed by atoms with Gasteiger partial charge in [-0.05, 0) is 42.8 Å². The van der Waals surface area contributed by atoms with Crippen molar-refractivity contribution < 1.29 is 0 Å². The molecule has 1 aromatic heterocycles. The number of nitrogens with one attached hydrogen (secondary N) is 1. The summed E-state index contributed by atoms with van der Waals surface area (Å²) in [5, 5.41) is 7.37. The fourth-order valence-electron chi connectivity index (χ4n) is 2.94. The van der Waals surface area contributed by atoms with E-state index in [1.54, 1.807) is 11.3 Å². The highest BCUT2D eigenvalue weighted by Crippen LogP contribution is 2.32. The summed E-state index contributed by atoms with van der Waals surface area (Å²) >= 11 is 14.0. The van der Waals surface area contributed by atoms with Crippen LogP contribution in [0, 0.1) is 6.92 Å². The lowest BCUT2D eigenvalue weighted by molar-refractivity contribution is 1.43. The summed E-state index contributed by atoms with van der Waals surface area (Å²) in [5.74, 6) is 0. The first-order valence-electron chi connectivity index (χ1n) is 8.26. The molecule has 128 valence electrons. The first kappa shape index (κ1) is 17.2. The van der Waals surface area contributed by atoms with Crippen LogP contribution in [-0.4, -0.2) is 4.86 Å². The van der Waals surface area contributed by atoms with Gasteiger partial charge in [0.05, 0.1) is 9.89 Å². The Labute approximate surface area is 167 Å². The molecule has 4 aromatic rings. The standard InChI is InChI=1S/C22H16ClNS2/c1-14-6-2-4-8-20(14)24-15-10-11-17(19(23)12-15)22(25)18-13-26-21-9-5-3-7-16(18)21/h2-13,24H,1H3. The molecule has 0 atom stereocenters. The molecule has 0 bridgehead atoms. The van der Waals surface area contributed by atoms with E-state index in [0.29, 0.717) is 5.02 Å². The van der Waals surface area contributed by atoms with Gasteiger partial charge in [0.15, 0.2) is 0 Å². The Hall–Kier alpha value is -2.20. The third-order valence-corrected chi connectivity index (χ3v) is 6.08. The van der Waals surface area contributed by atoms with Gasteiger partial charge < -0.3 is 5.32 Å². The number of para-hydroxylation sites is 1. The number of thiocarbonyl (C=S) groups is 1. The molecule has 0 unspecified atom stereocenters. The van der Waals surface area contributed by atoms with Gasteiger partial charge in [0, 0.05) is 38.0 Å². The topological polar surface area (TPSA) is 12.0 Å². The fourth-order valence-corrected chi connectivity index (χ4v) is 4.65. The molecule has 0 aliphatic heterocycles. The van der Waals surface area contributed by atoms with Crippen LogP contribution in [-0.2, 0) is 0 Å². The maximum Gasteiger partial charge on any atom is 0.0551 e. The monoisotopic (exact) mass is 393 g/mol. The third kappa shape index (κ3) is 3.26. The highest BCUT2D eigenvalue weighted by molar-refractivity contribution is 7.81. The normalized spacial score (nSPS) is 10.8. The number of anilines is 2. The maximum absolute atomic E-state index is 6.57. The SMILES string of the molecule is Cc1ccccc1Nc1ccc(C(=S)c2csc3ccccc23)c(Cl)c1. The number of benzene rings is 3. The van der Waals surface area contributed by atoms with Crippen molar-refractivity contribution in [2.45, 2.75) is 6.92 Å². The Morgan fingerprint density at radius 3 is 2.54 bits per heavy atom. The molecule has 0 aliphatic rings. The van der Waals surface area contributed by atoms with Gasteiger partial charge in [0.25, 0.3) is 0 Å². The second-order valence-electron chi connectivity index (χ2n) is 6.11. The van der Waals surface area contributed by atoms with Crippen LogP contribution in [0.2, 0.25) is 5.02 Å². The van der Waals surface area contributed by atoms with Gasteiger partial charge in [-0.3, -0.25) is 0 Å². The molecular weight excluding hydrogens is 378 g/mol. The maximum atomic E-state index is 6.57. The Bertz CT molecular complexity index is 1110. The van der Waals surface area contributed by atoms with Crippen LogP contribution in [0.25, 0.3) is 10.1 Å². The number of halogens is 1. The number of hydrogen-bond acceptors (Lipinski definition) is 3. The van der Waals surface area contributed by atoms with Crippen LogP contribution >= 0.6 is 35.2 Å². The lowest BCUT2D eigenvalue weighted by Gasteiger charge is -2.12. The van der Waals surface area contributed by atoms with Crippen LogP contribution in [0.5, 0.6) is 0 Å². The highest BCUT2D eigenvalue weighted by atomic mass is 35.5. The Morgan fingerprint density at radius 1 is 0.962 bits per heavy atom. The fraction of sp³-hybridized carbons (Fsp3) is 0.0455. The van der Waals surface area contributed by atoms with Crippen LogP contribution in [0.4, 0.5) is 11.4 Å². The zero-order valence-electron chi connectivity index (χ0n) is 14.1. The molecule has 0 radical (unpaired) electrons. The van der Waals surface area contributed by atoms with E-state index >= 15 is 0 Å². The van der Waals surface area contributed by atoms with Crippen molar-refractivity contribution in [1.82, 2.24) is 0 Å². The van der Waals surface area contributed by atoms with E-state index in [1.165, 1.54) is 15.6 Å². The average molecular weight is 394 g/mol. The molecule has 0 saturated heterocycles. The van der Waals surface area contributed by atoms with Crippen molar-refractivity contribution in [2.24, 2.45) is 0 Å². The first-order chi connectivity index (χ1) is 12.6. The molecule has 1 heterocycles. The molecule has 3 aromatic carbocycles. The van der Waals surface area contributed by atoms with E-state index in [1.807, 2.05) is 42.5 Å². The van der Waals surface area contributed by atoms with Crippen LogP contribution in [0.1, 0.15) is 16.7 Å². The van der Waals surface area contributed by atoms with Crippen LogP contribution in [0.3, 0.4) is 0 Å². The minimum Gasteiger partial charge on any atom is -0.355 e. The first-order valence-corrected chi connectivity index (χ1v) is 9.93. The highest BCUT2D eigenvalue weighted by Gasteiger charge is 2.14. The smallest absolute Gasteiger partial charge is 0.0551 e. The molecule has 0 fully saturated rings. The van der Waals surface area contributed by atoms with E-state index in [2.05, 4.69) is 41.9 Å². The molecule has 26 heavy (non-hydrogen) atoms. The zero-order valence-corrected chi connectivity index (χ0v) is 16.5. The molecule has 0 amide bonds. The van der Waals surface area contributed by atoms with Gasteiger partial charge in [-0.25, -0.2) is 0 Å². The van der Waals surface area contributed by atoms with Crippen molar-refractivity contribution in [3.05, 3.63) is 93.8 Å².